The lowest BCUT2D eigenvalue weighted by Crippen LogP contribution is -2.41. The Morgan fingerprint density at radius 1 is 1.42 bits per heavy atom. The van der Waals surface area contributed by atoms with Gasteiger partial charge in [-0.2, -0.15) is 0 Å². The first-order valence-electron chi connectivity index (χ1n) is 8.23. The van der Waals surface area contributed by atoms with Gasteiger partial charge in [-0.05, 0) is 37.5 Å². The summed E-state index contributed by atoms with van der Waals surface area (Å²) in [4.78, 5) is 12.5. The third-order valence-electron chi connectivity index (χ3n) is 4.48. The second kappa shape index (κ2) is 6.91. The molecule has 1 saturated carbocycles. The number of halogens is 1. The van der Waals surface area contributed by atoms with Crippen molar-refractivity contribution in [2.75, 3.05) is 6.54 Å². The van der Waals surface area contributed by atoms with E-state index >= 15 is 0 Å². The van der Waals surface area contributed by atoms with Crippen LogP contribution in [0.25, 0.3) is 5.69 Å². The molecule has 0 bridgehead atoms. The number of carbonyl (C=O) groups excluding carboxylic acids is 1. The number of aliphatic hydroxyl groups is 1. The van der Waals surface area contributed by atoms with Gasteiger partial charge in [-0.15, -0.1) is 5.10 Å². The van der Waals surface area contributed by atoms with E-state index in [1.807, 2.05) is 19.1 Å². The van der Waals surface area contributed by atoms with Crippen molar-refractivity contribution < 1.29 is 9.90 Å². The topological polar surface area (TPSA) is 80.0 Å². The standard InChI is InChI=1S/C17H21ClN4O2/c1-2-14-15(16(23)19-11-17(24)8-3-4-9-17)20-21-22(14)13-7-5-6-12(18)10-13/h5-7,10,24H,2-4,8-9,11H2,1H3,(H,19,23). The molecule has 1 aromatic carbocycles. The summed E-state index contributed by atoms with van der Waals surface area (Å²) < 4.78 is 1.63. The van der Waals surface area contributed by atoms with Crippen LogP contribution < -0.4 is 5.32 Å². The van der Waals surface area contributed by atoms with Crippen molar-refractivity contribution in [3.8, 4) is 5.69 Å². The van der Waals surface area contributed by atoms with Crippen LogP contribution >= 0.6 is 11.6 Å². The van der Waals surface area contributed by atoms with E-state index in [4.69, 9.17) is 11.6 Å². The number of hydrogen-bond acceptors (Lipinski definition) is 4. The zero-order valence-electron chi connectivity index (χ0n) is 13.6. The zero-order valence-corrected chi connectivity index (χ0v) is 14.4. The molecule has 1 fully saturated rings. The molecule has 0 spiro atoms. The largest absolute Gasteiger partial charge is 0.388 e. The van der Waals surface area contributed by atoms with E-state index in [0.717, 1.165) is 31.4 Å². The SMILES string of the molecule is CCc1c(C(=O)NCC2(O)CCCC2)nnn1-c1cccc(Cl)c1. The molecule has 0 aliphatic heterocycles. The third-order valence-corrected chi connectivity index (χ3v) is 4.71. The second-order valence-corrected chi connectivity index (χ2v) is 6.68. The Labute approximate surface area is 145 Å². The third kappa shape index (κ3) is 3.44. The zero-order chi connectivity index (χ0) is 17.2. The Morgan fingerprint density at radius 2 is 2.17 bits per heavy atom. The highest BCUT2D eigenvalue weighted by Crippen LogP contribution is 2.28. The number of carbonyl (C=O) groups is 1. The van der Waals surface area contributed by atoms with Gasteiger partial charge in [0, 0.05) is 11.6 Å². The Hall–Kier alpha value is -1.92. The minimum Gasteiger partial charge on any atom is -0.388 e. The van der Waals surface area contributed by atoms with Crippen LogP contribution in [0.4, 0.5) is 0 Å². The molecular formula is C17H21ClN4O2. The number of amides is 1. The van der Waals surface area contributed by atoms with E-state index in [9.17, 15) is 9.90 Å². The molecule has 0 saturated heterocycles. The molecule has 0 radical (unpaired) electrons. The first-order chi connectivity index (χ1) is 11.5. The van der Waals surface area contributed by atoms with Gasteiger partial charge in [-0.25, -0.2) is 4.68 Å². The number of aromatic nitrogens is 3. The maximum absolute atomic E-state index is 12.5. The number of rotatable bonds is 5. The minimum absolute atomic E-state index is 0.249. The summed E-state index contributed by atoms with van der Waals surface area (Å²) in [5.41, 5.74) is 0.984. The molecule has 2 N–H and O–H groups in total. The Bertz CT molecular complexity index is 738. The average Bonchev–Trinajstić information content (AvgIpc) is 3.19. The molecule has 7 heteroatoms. The second-order valence-electron chi connectivity index (χ2n) is 6.24. The monoisotopic (exact) mass is 348 g/mol. The van der Waals surface area contributed by atoms with E-state index in [0.29, 0.717) is 22.8 Å². The van der Waals surface area contributed by atoms with Gasteiger partial charge in [-0.1, -0.05) is 42.6 Å². The summed E-state index contributed by atoms with van der Waals surface area (Å²) >= 11 is 6.03. The molecule has 1 amide bonds. The molecule has 1 aliphatic carbocycles. The fraction of sp³-hybridized carbons (Fsp3) is 0.471. The van der Waals surface area contributed by atoms with E-state index in [1.54, 1.807) is 16.8 Å². The first-order valence-corrected chi connectivity index (χ1v) is 8.61. The minimum atomic E-state index is -0.787. The van der Waals surface area contributed by atoms with Crippen molar-refractivity contribution in [1.29, 1.82) is 0 Å². The molecule has 128 valence electrons. The highest BCUT2D eigenvalue weighted by atomic mass is 35.5. The van der Waals surface area contributed by atoms with Crippen LogP contribution in [0.5, 0.6) is 0 Å². The normalized spacial score (nSPS) is 16.3. The van der Waals surface area contributed by atoms with E-state index < -0.39 is 5.60 Å². The van der Waals surface area contributed by atoms with Crippen molar-refractivity contribution >= 4 is 17.5 Å². The summed E-state index contributed by atoms with van der Waals surface area (Å²) in [5, 5.41) is 21.9. The molecule has 3 rings (SSSR count). The molecule has 0 unspecified atom stereocenters. The van der Waals surface area contributed by atoms with Crippen molar-refractivity contribution in [2.45, 2.75) is 44.6 Å². The van der Waals surface area contributed by atoms with Gasteiger partial charge in [0.1, 0.15) is 0 Å². The molecule has 6 nitrogen and oxygen atoms in total. The Kier molecular flexibility index (Phi) is 4.87. The van der Waals surface area contributed by atoms with Gasteiger partial charge in [0.2, 0.25) is 0 Å². The predicted molar refractivity (Wildman–Crippen MR) is 91.5 cm³/mol. The fourth-order valence-electron chi connectivity index (χ4n) is 3.15. The van der Waals surface area contributed by atoms with Crippen molar-refractivity contribution in [2.24, 2.45) is 0 Å². The van der Waals surface area contributed by atoms with Crippen LogP contribution in [0.15, 0.2) is 24.3 Å². The van der Waals surface area contributed by atoms with Crippen LogP contribution in [-0.4, -0.2) is 38.2 Å². The molecule has 1 heterocycles. The van der Waals surface area contributed by atoms with E-state index in [-0.39, 0.29) is 12.5 Å². The number of nitrogens with one attached hydrogen (secondary N) is 1. The van der Waals surface area contributed by atoms with Crippen LogP contribution in [0, 0.1) is 0 Å². The average molecular weight is 349 g/mol. The van der Waals surface area contributed by atoms with Crippen molar-refractivity contribution in [3.05, 3.63) is 40.7 Å². The summed E-state index contributed by atoms with van der Waals surface area (Å²) in [6.07, 6.45) is 4.05. The summed E-state index contributed by atoms with van der Waals surface area (Å²) in [7, 11) is 0. The lowest BCUT2D eigenvalue weighted by molar-refractivity contribution is 0.0448. The predicted octanol–water partition coefficient (Wildman–Crippen LogP) is 2.52. The van der Waals surface area contributed by atoms with Gasteiger partial charge >= 0.3 is 0 Å². The number of hydrogen-bond donors (Lipinski definition) is 2. The molecule has 1 aliphatic rings. The van der Waals surface area contributed by atoms with Gasteiger partial charge < -0.3 is 10.4 Å². The highest BCUT2D eigenvalue weighted by molar-refractivity contribution is 6.30. The van der Waals surface area contributed by atoms with Gasteiger partial charge in [0.15, 0.2) is 5.69 Å². The van der Waals surface area contributed by atoms with Gasteiger partial charge in [0.05, 0.1) is 17.0 Å². The molecule has 0 atom stereocenters. The Balaban J connectivity index is 1.79. The summed E-state index contributed by atoms with van der Waals surface area (Å²) in [6, 6.07) is 7.25. The van der Waals surface area contributed by atoms with Gasteiger partial charge in [0.25, 0.3) is 5.91 Å². The smallest absolute Gasteiger partial charge is 0.273 e. The van der Waals surface area contributed by atoms with Crippen LogP contribution in [0.2, 0.25) is 5.02 Å². The van der Waals surface area contributed by atoms with Crippen molar-refractivity contribution in [1.82, 2.24) is 20.3 Å². The molecule has 24 heavy (non-hydrogen) atoms. The van der Waals surface area contributed by atoms with E-state index in [2.05, 4.69) is 15.6 Å². The van der Waals surface area contributed by atoms with Crippen LogP contribution in [-0.2, 0) is 6.42 Å². The fourth-order valence-corrected chi connectivity index (χ4v) is 3.33. The lowest BCUT2D eigenvalue weighted by atomic mass is 10.0. The molecule has 2 aromatic rings. The first kappa shape index (κ1) is 16.9. The maximum atomic E-state index is 12.5. The summed E-state index contributed by atoms with van der Waals surface area (Å²) in [5.74, 6) is -0.305. The van der Waals surface area contributed by atoms with E-state index in [1.165, 1.54) is 0 Å². The highest BCUT2D eigenvalue weighted by Gasteiger charge is 2.32. The van der Waals surface area contributed by atoms with Crippen LogP contribution in [0.3, 0.4) is 0 Å². The van der Waals surface area contributed by atoms with Gasteiger partial charge in [-0.3, -0.25) is 4.79 Å². The number of nitrogens with zero attached hydrogens (tertiary/aromatic N) is 3. The van der Waals surface area contributed by atoms with Crippen LogP contribution in [0.1, 0.15) is 48.8 Å². The molecule has 1 aromatic heterocycles. The molecular weight excluding hydrogens is 328 g/mol. The lowest BCUT2D eigenvalue weighted by Gasteiger charge is -2.22. The quantitative estimate of drug-likeness (QED) is 0.870. The summed E-state index contributed by atoms with van der Waals surface area (Å²) in [6.45, 7) is 2.19. The number of benzene rings is 1. The maximum Gasteiger partial charge on any atom is 0.273 e. The van der Waals surface area contributed by atoms with Crippen molar-refractivity contribution in [3.63, 3.8) is 0 Å². The Morgan fingerprint density at radius 3 is 2.83 bits per heavy atom.